The monoisotopic (exact) mass is 263 g/mol. The quantitative estimate of drug-likeness (QED) is 0.636. The molecule has 1 atom stereocenters. The number of aryl methyl sites for hydroxylation is 1. The average Bonchev–Trinajstić information content (AvgIpc) is 2.42. The van der Waals surface area contributed by atoms with E-state index in [4.69, 9.17) is 10.5 Å². The van der Waals surface area contributed by atoms with Gasteiger partial charge in [-0.05, 0) is 18.9 Å². The number of benzene rings is 1. The third kappa shape index (κ3) is 6.74. The lowest BCUT2D eigenvalue weighted by atomic mass is 10.1. The van der Waals surface area contributed by atoms with Crippen molar-refractivity contribution in [3.05, 3.63) is 35.4 Å². The van der Waals surface area contributed by atoms with E-state index in [2.05, 4.69) is 38.1 Å². The molecule has 2 nitrogen and oxygen atoms in total. The number of nitrogens with two attached hydrogens (primary N) is 1. The third-order valence-electron chi connectivity index (χ3n) is 3.44. The van der Waals surface area contributed by atoms with Crippen molar-refractivity contribution in [1.29, 1.82) is 0 Å². The standard InChI is InChI=1S/C17H29NO/c1-3-4-5-6-7-8-12-19-17(14-18)16-11-9-10-15(2)13-16/h9-11,13,17H,3-8,12,14,18H2,1-2H3. The fraction of sp³-hybridized carbons (Fsp3) is 0.647. The highest BCUT2D eigenvalue weighted by molar-refractivity contribution is 5.24. The highest BCUT2D eigenvalue weighted by Gasteiger charge is 2.09. The molecule has 0 fully saturated rings. The molecule has 0 bridgehead atoms. The van der Waals surface area contributed by atoms with E-state index in [0.717, 1.165) is 13.0 Å². The Morgan fingerprint density at radius 1 is 1.11 bits per heavy atom. The Balaban J connectivity index is 2.22. The van der Waals surface area contributed by atoms with Crippen LogP contribution >= 0.6 is 0 Å². The minimum absolute atomic E-state index is 0.0514. The molecule has 0 aliphatic heterocycles. The van der Waals surface area contributed by atoms with Crippen LogP contribution in [0.1, 0.15) is 62.7 Å². The Hall–Kier alpha value is -0.860. The maximum Gasteiger partial charge on any atom is 0.0947 e. The lowest BCUT2D eigenvalue weighted by molar-refractivity contribution is 0.0557. The molecule has 0 aliphatic carbocycles. The Labute approximate surface area is 118 Å². The molecule has 0 heterocycles. The lowest BCUT2D eigenvalue weighted by Gasteiger charge is -2.17. The Morgan fingerprint density at radius 3 is 2.53 bits per heavy atom. The van der Waals surface area contributed by atoms with Crippen molar-refractivity contribution in [3.8, 4) is 0 Å². The molecule has 0 spiro atoms. The summed E-state index contributed by atoms with van der Waals surface area (Å²) >= 11 is 0. The topological polar surface area (TPSA) is 35.2 Å². The average molecular weight is 263 g/mol. The van der Waals surface area contributed by atoms with Gasteiger partial charge in [0, 0.05) is 13.2 Å². The summed E-state index contributed by atoms with van der Waals surface area (Å²) in [6.07, 6.45) is 7.81. The normalized spacial score (nSPS) is 12.6. The third-order valence-corrected chi connectivity index (χ3v) is 3.44. The van der Waals surface area contributed by atoms with Gasteiger partial charge in [0.1, 0.15) is 0 Å². The van der Waals surface area contributed by atoms with Gasteiger partial charge in [-0.25, -0.2) is 0 Å². The van der Waals surface area contributed by atoms with Crippen LogP contribution in [0.25, 0.3) is 0 Å². The Morgan fingerprint density at radius 2 is 1.84 bits per heavy atom. The molecule has 19 heavy (non-hydrogen) atoms. The SMILES string of the molecule is CCCCCCCCOC(CN)c1cccc(C)c1. The van der Waals surface area contributed by atoms with Gasteiger partial charge in [-0.1, -0.05) is 68.9 Å². The zero-order chi connectivity index (χ0) is 13.9. The van der Waals surface area contributed by atoms with E-state index in [9.17, 15) is 0 Å². The second-order valence-electron chi connectivity index (χ2n) is 5.28. The zero-order valence-corrected chi connectivity index (χ0v) is 12.5. The molecular formula is C17H29NO. The highest BCUT2D eigenvalue weighted by atomic mass is 16.5. The van der Waals surface area contributed by atoms with Crippen molar-refractivity contribution < 1.29 is 4.74 Å². The first-order valence-electron chi connectivity index (χ1n) is 7.66. The van der Waals surface area contributed by atoms with Gasteiger partial charge >= 0.3 is 0 Å². The summed E-state index contributed by atoms with van der Waals surface area (Å²) in [6.45, 7) is 5.73. The first-order chi connectivity index (χ1) is 9.27. The first-order valence-corrected chi connectivity index (χ1v) is 7.66. The van der Waals surface area contributed by atoms with E-state index in [1.165, 1.54) is 43.2 Å². The molecular weight excluding hydrogens is 234 g/mol. The molecule has 0 saturated carbocycles. The Bertz CT molecular complexity index is 338. The van der Waals surface area contributed by atoms with E-state index in [-0.39, 0.29) is 6.10 Å². The van der Waals surface area contributed by atoms with Gasteiger partial charge in [0.25, 0.3) is 0 Å². The largest absolute Gasteiger partial charge is 0.372 e. The molecule has 2 heteroatoms. The Kier molecular flexibility index (Phi) is 8.52. The molecule has 1 aromatic rings. The number of unbranched alkanes of at least 4 members (excludes halogenated alkanes) is 5. The number of rotatable bonds is 10. The fourth-order valence-corrected chi connectivity index (χ4v) is 2.28. The van der Waals surface area contributed by atoms with Gasteiger partial charge in [-0.2, -0.15) is 0 Å². The van der Waals surface area contributed by atoms with Crippen molar-refractivity contribution in [1.82, 2.24) is 0 Å². The second-order valence-corrected chi connectivity index (χ2v) is 5.28. The molecule has 2 N–H and O–H groups in total. The van der Waals surface area contributed by atoms with Crippen LogP contribution in [-0.2, 0) is 4.74 Å². The second kappa shape index (κ2) is 9.99. The van der Waals surface area contributed by atoms with E-state index in [0.29, 0.717) is 6.54 Å². The zero-order valence-electron chi connectivity index (χ0n) is 12.5. The van der Waals surface area contributed by atoms with E-state index in [1.807, 2.05) is 0 Å². The molecule has 108 valence electrons. The van der Waals surface area contributed by atoms with E-state index < -0.39 is 0 Å². The van der Waals surface area contributed by atoms with Gasteiger partial charge in [-0.3, -0.25) is 0 Å². The molecule has 0 amide bonds. The summed E-state index contributed by atoms with van der Waals surface area (Å²) in [7, 11) is 0. The van der Waals surface area contributed by atoms with Gasteiger partial charge < -0.3 is 10.5 Å². The van der Waals surface area contributed by atoms with Crippen molar-refractivity contribution >= 4 is 0 Å². The van der Waals surface area contributed by atoms with Crippen molar-refractivity contribution in [2.75, 3.05) is 13.2 Å². The minimum Gasteiger partial charge on any atom is -0.372 e. The summed E-state index contributed by atoms with van der Waals surface area (Å²) in [5.74, 6) is 0. The van der Waals surface area contributed by atoms with Crippen LogP contribution in [0.5, 0.6) is 0 Å². The molecule has 0 aliphatic rings. The van der Waals surface area contributed by atoms with Crippen molar-refractivity contribution in [2.24, 2.45) is 5.73 Å². The van der Waals surface area contributed by atoms with Crippen molar-refractivity contribution in [2.45, 2.75) is 58.5 Å². The van der Waals surface area contributed by atoms with Crippen LogP contribution in [0, 0.1) is 6.92 Å². The van der Waals surface area contributed by atoms with Crippen LogP contribution in [-0.4, -0.2) is 13.2 Å². The fourth-order valence-electron chi connectivity index (χ4n) is 2.28. The summed E-state index contributed by atoms with van der Waals surface area (Å²) in [5.41, 5.74) is 8.28. The summed E-state index contributed by atoms with van der Waals surface area (Å²) in [5, 5.41) is 0. The summed E-state index contributed by atoms with van der Waals surface area (Å²) < 4.78 is 5.91. The van der Waals surface area contributed by atoms with Gasteiger partial charge in [0.05, 0.1) is 6.10 Å². The van der Waals surface area contributed by atoms with Crippen molar-refractivity contribution in [3.63, 3.8) is 0 Å². The van der Waals surface area contributed by atoms with Gasteiger partial charge in [-0.15, -0.1) is 0 Å². The lowest BCUT2D eigenvalue weighted by Crippen LogP contribution is -2.16. The van der Waals surface area contributed by atoms with Crippen LogP contribution in [0.3, 0.4) is 0 Å². The summed E-state index contributed by atoms with van der Waals surface area (Å²) in [6, 6.07) is 8.44. The highest BCUT2D eigenvalue weighted by Crippen LogP contribution is 2.18. The number of hydrogen-bond acceptors (Lipinski definition) is 2. The first kappa shape index (κ1) is 16.2. The van der Waals surface area contributed by atoms with E-state index >= 15 is 0 Å². The summed E-state index contributed by atoms with van der Waals surface area (Å²) in [4.78, 5) is 0. The minimum atomic E-state index is 0.0514. The molecule has 1 aromatic carbocycles. The van der Waals surface area contributed by atoms with Crippen LogP contribution in [0.15, 0.2) is 24.3 Å². The molecule has 1 unspecified atom stereocenters. The van der Waals surface area contributed by atoms with Crippen LogP contribution < -0.4 is 5.73 Å². The molecule has 0 radical (unpaired) electrons. The number of hydrogen-bond donors (Lipinski definition) is 1. The van der Waals surface area contributed by atoms with Crippen LogP contribution in [0.2, 0.25) is 0 Å². The molecule has 0 saturated heterocycles. The predicted octanol–water partition coefficient (Wildman–Crippen LogP) is 4.37. The maximum atomic E-state index is 5.91. The predicted molar refractivity (Wildman–Crippen MR) is 82.3 cm³/mol. The van der Waals surface area contributed by atoms with Gasteiger partial charge in [0.15, 0.2) is 0 Å². The van der Waals surface area contributed by atoms with Crippen LogP contribution in [0.4, 0.5) is 0 Å². The smallest absolute Gasteiger partial charge is 0.0947 e. The molecule has 1 rings (SSSR count). The van der Waals surface area contributed by atoms with E-state index in [1.54, 1.807) is 0 Å². The molecule has 0 aromatic heterocycles. The number of ether oxygens (including phenoxy) is 1. The van der Waals surface area contributed by atoms with Gasteiger partial charge in [0.2, 0.25) is 0 Å². The maximum absolute atomic E-state index is 5.91.